The lowest BCUT2D eigenvalue weighted by Gasteiger charge is -2.14. The molecular weight excluding hydrogens is 452 g/mol. The molecule has 0 aliphatic heterocycles. The summed E-state index contributed by atoms with van der Waals surface area (Å²) in [5.41, 5.74) is 12.1. The van der Waals surface area contributed by atoms with Crippen molar-refractivity contribution < 1.29 is 13.2 Å². The Morgan fingerprint density at radius 3 is 2.55 bits per heavy atom. The van der Waals surface area contributed by atoms with Crippen LogP contribution in [0.2, 0.25) is 10.0 Å². The third kappa shape index (κ3) is 5.56. The Kier molecular flexibility index (Phi) is 6.87. The Balaban J connectivity index is 1.81. The van der Waals surface area contributed by atoms with E-state index in [1.165, 1.54) is 12.1 Å². The number of hydrogen-bond donors (Lipinski definition) is 3. The van der Waals surface area contributed by atoms with Crippen molar-refractivity contribution in [3.8, 4) is 11.4 Å². The number of amidine groups is 1. The van der Waals surface area contributed by atoms with Gasteiger partial charge in [-0.25, -0.2) is 9.97 Å². The van der Waals surface area contributed by atoms with Crippen molar-refractivity contribution in [1.29, 1.82) is 0 Å². The van der Waals surface area contributed by atoms with Gasteiger partial charge in [0.25, 0.3) is 0 Å². The Hall–Kier alpha value is -3.04. The van der Waals surface area contributed by atoms with E-state index >= 15 is 0 Å². The second-order valence-corrected chi connectivity index (χ2v) is 7.20. The first-order valence-corrected chi connectivity index (χ1v) is 9.70. The van der Waals surface area contributed by atoms with E-state index in [-0.39, 0.29) is 29.8 Å². The molecule has 1 heterocycles. The van der Waals surface area contributed by atoms with Crippen molar-refractivity contribution in [2.45, 2.75) is 6.18 Å². The number of nitrogen functional groups attached to an aromatic ring is 1. The van der Waals surface area contributed by atoms with Gasteiger partial charge < -0.3 is 16.8 Å². The molecule has 0 aliphatic rings. The number of aliphatic imine (C=N–C) groups is 1. The predicted molar refractivity (Wildman–Crippen MR) is 117 cm³/mol. The SMILES string of the molecule is NC(=NCCNc1nc(-c2ccc(Cl)cc2Cl)ncc1C(F)(F)F)c1ccccc1N. The minimum absolute atomic E-state index is 0.0252. The molecule has 5 N–H and O–H groups in total. The van der Waals surface area contributed by atoms with Crippen molar-refractivity contribution in [3.05, 3.63) is 69.8 Å². The average Bonchev–Trinajstić information content (AvgIpc) is 2.70. The third-order valence-electron chi connectivity index (χ3n) is 4.19. The molecule has 0 saturated carbocycles. The number of halogens is 5. The van der Waals surface area contributed by atoms with E-state index in [0.29, 0.717) is 28.0 Å². The van der Waals surface area contributed by atoms with Crippen molar-refractivity contribution in [2.75, 3.05) is 24.1 Å². The van der Waals surface area contributed by atoms with Crippen LogP contribution >= 0.6 is 23.2 Å². The summed E-state index contributed by atoms with van der Waals surface area (Å²) >= 11 is 12.0. The van der Waals surface area contributed by atoms with Crippen LogP contribution in [0.1, 0.15) is 11.1 Å². The normalized spacial score (nSPS) is 12.1. The van der Waals surface area contributed by atoms with Crippen LogP contribution in [-0.4, -0.2) is 28.9 Å². The van der Waals surface area contributed by atoms with Crippen LogP contribution in [0.15, 0.2) is 53.7 Å². The van der Waals surface area contributed by atoms with Gasteiger partial charge in [0.2, 0.25) is 0 Å². The monoisotopic (exact) mass is 468 g/mol. The second-order valence-electron chi connectivity index (χ2n) is 6.36. The maximum absolute atomic E-state index is 13.4. The largest absolute Gasteiger partial charge is 0.421 e. The average molecular weight is 469 g/mol. The summed E-state index contributed by atoms with van der Waals surface area (Å²) in [7, 11) is 0. The topological polar surface area (TPSA) is 102 Å². The molecule has 2 aromatic carbocycles. The summed E-state index contributed by atoms with van der Waals surface area (Å²) in [5, 5.41) is 3.25. The zero-order chi connectivity index (χ0) is 22.6. The molecule has 31 heavy (non-hydrogen) atoms. The molecule has 11 heteroatoms. The molecule has 3 aromatic rings. The number of alkyl halides is 3. The number of nitrogens with one attached hydrogen (secondary N) is 1. The van der Waals surface area contributed by atoms with E-state index in [9.17, 15) is 13.2 Å². The minimum Gasteiger partial charge on any atom is -0.398 e. The molecule has 6 nitrogen and oxygen atoms in total. The van der Waals surface area contributed by atoms with Gasteiger partial charge in [-0.05, 0) is 30.3 Å². The first-order valence-electron chi connectivity index (χ1n) is 8.95. The number of anilines is 2. The van der Waals surface area contributed by atoms with Crippen molar-refractivity contribution in [3.63, 3.8) is 0 Å². The predicted octanol–water partition coefficient (Wildman–Crippen LogP) is 4.87. The molecule has 0 radical (unpaired) electrons. The Bertz CT molecular complexity index is 1120. The highest BCUT2D eigenvalue weighted by molar-refractivity contribution is 6.36. The van der Waals surface area contributed by atoms with E-state index < -0.39 is 17.6 Å². The maximum atomic E-state index is 13.4. The smallest absolute Gasteiger partial charge is 0.398 e. The van der Waals surface area contributed by atoms with Gasteiger partial charge in [0.15, 0.2) is 5.82 Å². The highest BCUT2D eigenvalue weighted by Gasteiger charge is 2.35. The molecular formula is C20H17Cl2F3N6. The van der Waals surface area contributed by atoms with Crippen LogP contribution in [0, 0.1) is 0 Å². The van der Waals surface area contributed by atoms with Gasteiger partial charge in [0.05, 0.1) is 11.6 Å². The van der Waals surface area contributed by atoms with Crippen molar-refractivity contribution in [2.24, 2.45) is 10.7 Å². The fourth-order valence-corrected chi connectivity index (χ4v) is 3.18. The molecule has 3 rings (SSSR count). The molecule has 0 aliphatic carbocycles. The molecule has 0 amide bonds. The Morgan fingerprint density at radius 1 is 1.13 bits per heavy atom. The lowest BCUT2D eigenvalue weighted by molar-refractivity contribution is -0.137. The number of nitrogens with zero attached hydrogens (tertiary/aromatic N) is 3. The minimum atomic E-state index is -4.65. The number of nitrogens with two attached hydrogens (primary N) is 2. The van der Waals surface area contributed by atoms with Crippen molar-refractivity contribution >= 4 is 40.5 Å². The van der Waals surface area contributed by atoms with Gasteiger partial charge in [-0.3, -0.25) is 4.99 Å². The molecule has 0 saturated heterocycles. The van der Waals surface area contributed by atoms with Crippen LogP contribution < -0.4 is 16.8 Å². The summed E-state index contributed by atoms with van der Waals surface area (Å²) in [4.78, 5) is 12.0. The summed E-state index contributed by atoms with van der Waals surface area (Å²) in [6.45, 7) is 0.139. The standard InChI is InChI=1S/C20H17Cl2F3N6/c21-11-5-6-12(15(22)9-11)18-30-10-14(20(23,24)25)19(31-18)29-8-7-28-17(27)13-3-1-2-4-16(13)26/h1-6,9-10H,7-8,26H2,(H2,27,28)(H,29,30,31). The van der Waals surface area contributed by atoms with Gasteiger partial charge in [0.1, 0.15) is 17.2 Å². The molecule has 0 spiro atoms. The zero-order valence-corrected chi connectivity index (χ0v) is 17.4. The van der Waals surface area contributed by atoms with E-state index in [2.05, 4.69) is 20.3 Å². The van der Waals surface area contributed by atoms with E-state index in [4.69, 9.17) is 34.7 Å². The number of rotatable bonds is 6. The second kappa shape index (κ2) is 9.40. The van der Waals surface area contributed by atoms with E-state index in [1.807, 2.05) is 0 Å². The van der Waals surface area contributed by atoms with Gasteiger partial charge in [-0.1, -0.05) is 35.3 Å². The van der Waals surface area contributed by atoms with Crippen LogP contribution in [-0.2, 0) is 6.18 Å². The Morgan fingerprint density at radius 2 is 1.87 bits per heavy atom. The van der Waals surface area contributed by atoms with Gasteiger partial charge in [-0.2, -0.15) is 13.2 Å². The van der Waals surface area contributed by atoms with Crippen LogP contribution in [0.25, 0.3) is 11.4 Å². The first kappa shape index (κ1) is 22.6. The third-order valence-corrected chi connectivity index (χ3v) is 4.74. The highest BCUT2D eigenvalue weighted by atomic mass is 35.5. The van der Waals surface area contributed by atoms with E-state index in [1.54, 1.807) is 30.3 Å². The van der Waals surface area contributed by atoms with E-state index in [0.717, 1.165) is 0 Å². The maximum Gasteiger partial charge on any atom is 0.421 e. The molecule has 162 valence electrons. The quantitative estimate of drug-likeness (QED) is 0.207. The first-order chi connectivity index (χ1) is 14.7. The summed E-state index contributed by atoms with van der Waals surface area (Å²) in [6, 6.07) is 11.4. The number of hydrogen-bond acceptors (Lipinski definition) is 5. The van der Waals surface area contributed by atoms with Crippen LogP contribution in [0.4, 0.5) is 24.7 Å². The summed E-state index contributed by atoms with van der Waals surface area (Å²) in [6.07, 6.45) is -3.94. The number of aromatic nitrogens is 2. The van der Waals surface area contributed by atoms with Gasteiger partial charge >= 0.3 is 6.18 Å². The van der Waals surface area contributed by atoms with Crippen LogP contribution in [0.3, 0.4) is 0 Å². The molecule has 0 unspecified atom stereocenters. The fraction of sp³-hybridized carbons (Fsp3) is 0.150. The molecule has 0 bridgehead atoms. The molecule has 1 aromatic heterocycles. The lowest BCUT2D eigenvalue weighted by atomic mass is 10.1. The lowest BCUT2D eigenvalue weighted by Crippen LogP contribution is -2.19. The number of para-hydroxylation sites is 1. The van der Waals surface area contributed by atoms with Gasteiger partial charge in [-0.15, -0.1) is 0 Å². The molecule has 0 fully saturated rings. The highest BCUT2D eigenvalue weighted by Crippen LogP contribution is 2.35. The van der Waals surface area contributed by atoms with Gasteiger partial charge in [0, 0.05) is 34.6 Å². The van der Waals surface area contributed by atoms with Crippen molar-refractivity contribution in [1.82, 2.24) is 9.97 Å². The Labute approximate surface area is 186 Å². The summed E-state index contributed by atoms with van der Waals surface area (Å²) < 4.78 is 40.2. The summed E-state index contributed by atoms with van der Waals surface area (Å²) in [5.74, 6) is -0.180. The van der Waals surface area contributed by atoms with Crippen LogP contribution in [0.5, 0.6) is 0 Å². The zero-order valence-electron chi connectivity index (χ0n) is 15.9. The molecule has 0 atom stereocenters. The number of benzene rings is 2. The fourth-order valence-electron chi connectivity index (χ4n) is 2.69.